The zero-order valence-electron chi connectivity index (χ0n) is 12.8. The lowest BCUT2D eigenvalue weighted by molar-refractivity contribution is -0.146. The van der Waals surface area contributed by atoms with Gasteiger partial charge in [0.2, 0.25) is 0 Å². The molecule has 0 unspecified atom stereocenters. The Kier molecular flexibility index (Phi) is 4.35. The highest BCUT2D eigenvalue weighted by molar-refractivity contribution is 6.41. The van der Waals surface area contributed by atoms with Gasteiger partial charge < -0.3 is 9.80 Å². The first kappa shape index (κ1) is 15.6. The number of hydrogen-bond donors (Lipinski definition) is 0. The molecular formula is C18H17ClN2O2. The van der Waals surface area contributed by atoms with E-state index in [9.17, 15) is 9.59 Å². The number of carbonyl (C=O) groups is 2. The average Bonchev–Trinajstić information content (AvgIpc) is 2.52. The van der Waals surface area contributed by atoms with Crippen molar-refractivity contribution in [3.8, 4) is 0 Å². The Bertz CT molecular complexity index is 760. The molecule has 0 radical (unpaired) electrons. The Morgan fingerprint density at radius 2 is 1.78 bits per heavy atom. The molecule has 1 fully saturated rings. The van der Waals surface area contributed by atoms with Gasteiger partial charge >= 0.3 is 11.8 Å². The standard InChI is InChI=1S/C18H17ClN2O2/c1-13-4-2-5-14(10-13)12-20-8-9-21(18(23)17(20)22)16-7-3-6-15(19)11-16/h2-7,10-11H,8-9,12H2,1H3. The molecule has 1 saturated heterocycles. The number of aryl methyl sites for hydroxylation is 1. The largest absolute Gasteiger partial charge is 0.328 e. The van der Waals surface area contributed by atoms with E-state index in [1.54, 1.807) is 29.2 Å². The number of hydrogen-bond acceptors (Lipinski definition) is 2. The van der Waals surface area contributed by atoms with Crippen LogP contribution in [0.5, 0.6) is 0 Å². The van der Waals surface area contributed by atoms with Crippen LogP contribution in [0.25, 0.3) is 0 Å². The van der Waals surface area contributed by atoms with Crippen LogP contribution in [0.3, 0.4) is 0 Å². The molecule has 4 nitrogen and oxygen atoms in total. The Morgan fingerprint density at radius 3 is 2.52 bits per heavy atom. The molecule has 2 aromatic rings. The van der Waals surface area contributed by atoms with E-state index < -0.39 is 11.8 Å². The minimum atomic E-state index is -0.508. The van der Waals surface area contributed by atoms with Gasteiger partial charge in [0.15, 0.2) is 0 Å². The maximum Gasteiger partial charge on any atom is 0.316 e. The average molecular weight is 329 g/mol. The summed E-state index contributed by atoms with van der Waals surface area (Å²) in [6.07, 6.45) is 0. The van der Waals surface area contributed by atoms with Gasteiger partial charge in [-0.25, -0.2) is 0 Å². The lowest BCUT2D eigenvalue weighted by Crippen LogP contribution is -2.54. The number of carbonyl (C=O) groups excluding carboxylic acids is 2. The van der Waals surface area contributed by atoms with Crippen LogP contribution in [0.2, 0.25) is 5.02 Å². The van der Waals surface area contributed by atoms with Crippen LogP contribution >= 0.6 is 11.6 Å². The normalized spacial score (nSPS) is 15.2. The van der Waals surface area contributed by atoms with Crippen molar-refractivity contribution in [2.45, 2.75) is 13.5 Å². The summed E-state index contributed by atoms with van der Waals surface area (Å²) in [5.74, 6) is -0.982. The summed E-state index contributed by atoms with van der Waals surface area (Å²) >= 11 is 5.97. The summed E-state index contributed by atoms with van der Waals surface area (Å²) in [5.41, 5.74) is 2.83. The predicted molar refractivity (Wildman–Crippen MR) is 90.4 cm³/mol. The van der Waals surface area contributed by atoms with Crippen LogP contribution in [0, 0.1) is 6.92 Å². The van der Waals surface area contributed by atoms with Crippen LogP contribution in [-0.4, -0.2) is 29.8 Å². The smallest absolute Gasteiger partial charge is 0.316 e. The molecule has 5 heteroatoms. The number of nitrogens with zero attached hydrogens (tertiary/aromatic N) is 2. The molecule has 1 aliphatic rings. The van der Waals surface area contributed by atoms with Gasteiger partial charge in [0.1, 0.15) is 0 Å². The van der Waals surface area contributed by atoms with Crippen molar-refractivity contribution in [3.63, 3.8) is 0 Å². The molecular weight excluding hydrogens is 312 g/mol. The van der Waals surface area contributed by atoms with E-state index in [0.717, 1.165) is 11.1 Å². The monoisotopic (exact) mass is 328 g/mol. The molecule has 0 saturated carbocycles. The number of piperazine rings is 1. The number of anilines is 1. The zero-order chi connectivity index (χ0) is 16.4. The molecule has 118 valence electrons. The van der Waals surface area contributed by atoms with E-state index in [-0.39, 0.29) is 0 Å². The van der Waals surface area contributed by atoms with Crippen LogP contribution in [0.1, 0.15) is 11.1 Å². The van der Waals surface area contributed by atoms with Crippen LogP contribution in [-0.2, 0) is 16.1 Å². The molecule has 0 bridgehead atoms. The predicted octanol–water partition coefficient (Wildman–Crippen LogP) is 3.02. The van der Waals surface area contributed by atoms with Crippen molar-refractivity contribution >= 4 is 29.1 Å². The van der Waals surface area contributed by atoms with Crippen molar-refractivity contribution in [1.82, 2.24) is 4.90 Å². The Morgan fingerprint density at radius 1 is 1.00 bits per heavy atom. The summed E-state index contributed by atoms with van der Waals surface area (Å²) in [7, 11) is 0. The highest BCUT2D eigenvalue weighted by Gasteiger charge is 2.33. The lowest BCUT2D eigenvalue weighted by atomic mass is 10.1. The van der Waals surface area contributed by atoms with Crippen LogP contribution < -0.4 is 4.90 Å². The Hall–Kier alpha value is -2.33. The Labute approximate surface area is 140 Å². The second-order valence-corrected chi connectivity index (χ2v) is 6.09. The first-order chi connectivity index (χ1) is 11.0. The molecule has 2 aromatic carbocycles. The highest BCUT2D eigenvalue weighted by atomic mass is 35.5. The van der Waals surface area contributed by atoms with E-state index >= 15 is 0 Å². The maximum absolute atomic E-state index is 12.4. The van der Waals surface area contributed by atoms with Crippen molar-refractivity contribution < 1.29 is 9.59 Å². The third-order valence-corrected chi connectivity index (χ3v) is 4.12. The van der Waals surface area contributed by atoms with Gasteiger partial charge in [-0.05, 0) is 30.7 Å². The molecule has 2 amide bonds. The zero-order valence-corrected chi connectivity index (χ0v) is 13.6. The lowest BCUT2D eigenvalue weighted by Gasteiger charge is -2.33. The van der Waals surface area contributed by atoms with Crippen molar-refractivity contribution in [2.24, 2.45) is 0 Å². The minimum absolute atomic E-state index is 0.454. The fraction of sp³-hybridized carbons (Fsp3) is 0.222. The van der Waals surface area contributed by atoms with E-state index in [0.29, 0.717) is 30.3 Å². The molecule has 0 spiro atoms. The van der Waals surface area contributed by atoms with Gasteiger partial charge in [-0.15, -0.1) is 0 Å². The van der Waals surface area contributed by atoms with E-state index in [1.165, 1.54) is 4.90 Å². The number of amides is 2. The highest BCUT2D eigenvalue weighted by Crippen LogP contribution is 2.22. The first-order valence-corrected chi connectivity index (χ1v) is 7.84. The molecule has 0 N–H and O–H groups in total. The molecule has 3 rings (SSSR count). The van der Waals surface area contributed by atoms with Gasteiger partial charge in [0.05, 0.1) is 0 Å². The van der Waals surface area contributed by atoms with E-state index in [1.807, 2.05) is 31.2 Å². The van der Waals surface area contributed by atoms with E-state index in [4.69, 9.17) is 11.6 Å². The van der Waals surface area contributed by atoms with Gasteiger partial charge in [-0.2, -0.15) is 0 Å². The third kappa shape index (κ3) is 3.37. The second kappa shape index (κ2) is 6.42. The van der Waals surface area contributed by atoms with Crippen LogP contribution in [0.4, 0.5) is 5.69 Å². The number of halogens is 1. The van der Waals surface area contributed by atoms with E-state index in [2.05, 4.69) is 0 Å². The van der Waals surface area contributed by atoms with Gasteiger partial charge in [0, 0.05) is 30.3 Å². The molecule has 1 aliphatic heterocycles. The molecule has 0 aromatic heterocycles. The quantitative estimate of drug-likeness (QED) is 0.813. The summed E-state index contributed by atoms with van der Waals surface area (Å²) in [4.78, 5) is 27.9. The summed E-state index contributed by atoms with van der Waals surface area (Å²) in [5, 5.41) is 0.546. The first-order valence-electron chi connectivity index (χ1n) is 7.46. The summed E-state index contributed by atoms with van der Waals surface area (Å²) in [6, 6.07) is 15.0. The van der Waals surface area contributed by atoms with Gasteiger partial charge in [-0.1, -0.05) is 47.5 Å². The number of benzene rings is 2. The maximum atomic E-state index is 12.4. The third-order valence-electron chi connectivity index (χ3n) is 3.88. The topological polar surface area (TPSA) is 40.6 Å². The van der Waals surface area contributed by atoms with Crippen molar-refractivity contribution in [1.29, 1.82) is 0 Å². The van der Waals surface area contributed by atoms with Crippen molar-refractivity contribution in [3.05, 3.63) is 64.7 Å². The van der Waals surface area contributed by atoms with Crippen LogP contribution in [0.15, 0.2) is 48.5 Å². The Balaban J connectivity index is 1.75. The second-order valence-electron chi connectivity index (χ2n) is 5.65. The van der Waals surface area contributed by atoms with Gasteiger partial charge in [0.25, 0.3) is 0 Å². The van der Waals surface area contributed by atoms with Crippen molar-refractivity contribution in [2.75, 3.05) is 18.0 Å². The fourth-order valence-corrected chi connectivity index (χ4v) is 2.93. The molecule has 23 heavy (non-hydrogen) atoms. The van der Waals surface area contributed by atoms with Gasteiger partial charge in [-0.3, -0.25) is 9.59 Å². The summed E-state index contributed by atoms with van der Waals surface area (Å²) < 4.78 is 0. The number of rotatable bonds is 3. The molecule has 1 heterocycles. The molecule has 0 aliphatic carbocycles. The molecule has 0 atom stereocenters. The minimum Gasteiger partial charge on any atom is -0.328 e. The summed E-state index contributed by atoms with van der Waals surface area (Å²) in [6.45, 7) is 3.44. The SMILES string of the molecule is Cc1cccc(CN2CCN(c3cccc(Cl)c3)C(=O)C2=O)c1. The fourth-order valence-electron chi connectivity index (χ4n) is 2.75.